The van der Waals surface area contributed by atoms with Gasteiger partial charge in [-0.1, -0.05) is 19.4 Å². The Kier molecular flexibility index (Phi) is 13.8. The van der Waals surface area contributed by atoms with E-state index in [1.165, 1.54) is 0 Å². The molecule has 42 heavy (non-hydrogen) atoms. The van der Waals surface area contributed by atoms with E-state index in [2.05, 4.69) is 31.9 Å². The summed E-state index contributed by atoms with van der Waals surface area (Å²) in [7, 11) is -3.32. The Bertz CT molecular complexity index is 1350. The summed E-state index contributed by atoms with van der Waals surface area (Å²) >= 11 is 0. The van der Waals surface area contributed by atoms with Crippen molar-refractivity contribution in [3.8, 4) is 11.6 Å². The summed E-state index contributed by atoms with van der Waals surface area (Å²) in [5.74, 6) is 1.03. The highest BCUT2D eigenvalue weighted by atomic mass is 35.5. The maximum atomic E-state index is 13.1. The number of amides is 2. The molecule has 2 aromatic heterocycles. The Morgan fingerprint density at radius 2 is 1.76 bits per heavy atom. The van der Waals surface area contributed by atoms with Crippen LogP contribution in [0.4, 0.5) is 16.2 Å². The fraction of sp³-hybridized carbons (Fsp3) is 0.464. The number of hydrogen-bond donors (Lipinski definition) is 2. The van der Waals surface area contributed by atoms with Crippen molar-refractivity contribution < 1.29 is 17.9 Å². The molecule has 1 fully saturated rings. The lowest BCUT2D eigenvalue weighted by atomic mass is 10.0. The van der Waals surface area contributed by atoms with E-state index in [-0.39, 0.29) is 36.9 Å². The van der Waals surface area contributed by atoms with E-state index in [0.29, 0.717) is 17.3 Å². The van der Waals surface area contributed by atoms with Crippen molar-refractivity contribution in [2.45, 2.75) is 58.7 Å². The number of halogens is 2. The third-order valence-corrected chi connectivity index (χ3v) is 7.41. The van der Waals surface area contributed by atoms with E-state index >= 15 is 0 Å². The number of hydrogen-bond acceptors (Lipinski definition) is 7. The highest BCUT2D eigenvalue weighted by Gasteiger charge is 2.28. The van der Waals surface area contributed by atoms with Gasteiger partial charge in [-0.15, -0.1) is 24.8 Å². The highest BCUT2D eigenvalue weighted by Crippen LogP contribution is 2.24. The molecule has 4 rings (SSSR count). The third-order valence-electron chi connectivity index (χ3n) is 6.80. The number of piperidine rings is 1. The van der Waals surface area contributed by atoms with E-state index in [9.17, 15) is 13.2 Å². The topological polar surface area (TPSA) is 122 Å². The SMILES string of the molecule is CCCCN(C(=O)Nc1cnn(CC)c1)C1CCN(Cc2ccc(Oc3ccc(NS(C)(=O)=O)cc3)nc2)CC1.Cl.Cl. The Hall–Kier alpha value is -3.06. The zero-order valence-electron chi connectivity index (χ0n) is 24.2. The van der Waals surface area contributed by atoms with Crippen molar-refractivity contribution in [2.75, 3.05) is 35.9 Å². The number of sulfonamides is 1. The number of nitrogens with one attached hydrogen (secondary N) is 2. The molecule has 232 valence electrons. The van der Waals surface area contributed by atoms with Crippen LogP contribution in [0.3, 0.4) is 0 Å². The van der Waals surface area contributed by atoms with Crippen molar-refractivity contribution in [3.05, 3.63) is 60.6 Å². The number of anilines is 2. The molecule has 3 heterocycles. The molecule has 1 aliphatic heterocycles. The van der Waals surface area contributed by atoms with Gasteiger partial charge in [0.05, 0.1) is 18.1 Å². The zero-order chi connectivity index (χ0) is 28.5. The number of aryl methyl sites for hydroxylation is 1. The first-order valence-corrected chi connectivity index (χ1v) is 15.6. The van der Waals surface area contributed by atoms with Gasteiger partial charge >= 0.3 is 6.03 Å². The standard InChI is InChI=1S/C28H39N7O4S.2ClH/c1-4-6-15-35(28(36)31-24-19-30-34(5-2)21-24)25-13-16-33(17-14-25)20-22-7-12-27(29-18-22)39-26-10-8-23(9-11-26)32-40(3,37)38;;/h7-12,18-19,21,25,32H,4-6,13-17,20H2,1-3H3,(H,31,36);2*1H. The number of unbranched alkanes of at least 4 members (excludes halogenated alkanes) is 1. The van der Waals surface area contributed by atoms with E-state index in [0.717, 1.165) is 75.9 Å². The maximum Gasteiger partial charge on any atom is 0.322 e. The molecule has 2 amide bonds. The van der Waals surface area contributed by atoms with Crippen LogP contribution in [0.5, 0.6) is 11.6 Å². The van der Waals surface area contributed by atoms with Crippen molar-refractivity contribution in [2.24, 2.45) is 0 Å². The number of urea groups is 1. The Labute approximate surface area is 260 Å². The molecular formula is C28H41Cl2N7O4S. The molecule has 14 heteroatoms. The van der Waals surface area contributed by atoms with Gasteiger partial charge in [-0.05, 0) is 56.0 Å². The smallest absolute Gasteiger partial charge is 0.322 e. The summed E-state index contributed by atoms with van der Waals surface area (Å²) in [5.41, 5.74) is 2.29. The van der Waals surface area contributed by atoms with Gasteiger partial charge < -0.3 is 15.0 Å². The third kappa shape index (κ3) is 10.6. The number of carbonyl (C=O) groups is 1. The van der Waals surface area contributed by atoms with Gasteiger partial charge in [0.2, 0.25) is 15.9 Å². The average Bonchev–Trinajstić information content (AvgIpc) is 3.38. The summed E-state index contributed by atoms with van der Waals surface area (Å²) in [6.45, 7) is 8.26. The Morgan fingerprint density at radius 3 is 2.33 bits per heavy atom. The van der Waals surface area contributed by atoms with Gasteiger partial charge in [0.1, 0.15) is 5.75 Å². The first kappa shape index (κ1) is 35.1. The van der Waals surface area contributed by atoms with Crippen molar-refractivity contribution in [1.82, 2.24) is 24.6 Å². The summed E-state index contributed by atoms with van der Waals surface area (Å²) in [6.07, 6.45) is 10.3. The van der Waals surface area contributed by atoms with Gasteiger partial charge in [-0.25, -0.2) is 18.2 Å². The largest absolute Gasteiger partial charge is 0.439 e. The minimum Gasteiger partial charge on any atom is -0.439 e. The zero-order valence-corrected chi connectivity index (χ0v) is 26.7. The molecule has 0 atom stereocenters. The Morgan fingerprint density at radius 1 is 1.05 bits per heavy atom. The van der Waals surface area contributed by atoms with Crippen LogP contribution in [0, 0.1) is 0 Å². The molecular weight excluding hydrogens is 601 g/mol. The molecule has 0 radical (unpaired) electrons. The maximum absolute atomic E-state index is 13.1. The van der Waals surface area contributed by atoms with Crippen LogP contribution in [-0.4, -0.2) is 70.9 Å². The predicted molar refractivity (Wildman–Crippen MR) is 171 cm³/mol. The number of pyridine rings is 1. The van der Waals surface area contributed by atoms with Gasteiger partial charge in [-0.3, -0.25) is 14.3 Å². The molecule has 0 aliphatic carbocycles. The molecule has 0 saturated carbocycles. The minimum absolute atomic E-state index is 0. The summed E-state index contributed by atoms with van der Waals surface area (Å²) in [6, 6.07) is 10.7. The molecule has 0 unspecified atom stereocenters. The molecule has 1 saturated heterocycles. The van der Waals surface area contributed by atoms with Crippen LogP contribution in [0.1, 0.15) is 45.1 Å². The number of rotatable bonds is 12. The predicted octanol–water partition coefficient (Wildman–Crippen LogP) is 5.60. The van der Waals surface area contributed by atoms with Crippen LogP contribution >= 0.6 is 24.8 Å². The Balaban J connectivity index is 0.00000308. The molecule has 1 aromatic carbocycles. The number of likely N-dealkylation sites (tertiary alicyclic amines) is 1. The number of nitrogens with zero attached hydrogens (tertiary/aromatic N) is 5. The lowest BCUT2D eigenvalue weighted by Gasteiger charge is -2.38. The molecule has 3 aromatic rings. The first-order valence-electron chi connectivity index (χ1n) is 13.8. The summed E-state index contributed by atoms with van der Waals surface area (Å²) in [4.78, 5) is 22.0. The van der Waals surface area contributed by atoms with E-state index in [1.54, 1.807) is 35.1 Å². The summed E-state index contributed by atoms with van der Waals surface area (Å²) < 4.78 is 32.7. The second-order valence-corrected chi connectivity index (χ2v) is 11.8. The van der Waals surface area contributed by atoms with Gasteiger partial charge in [-0.2, -0.15) is 5.10 Å². The quantitative estimate of drug-likeness (QED) is 0.264. The van der Waals surface area contributed by atoms with Gasteiger partial charge in [0.15, 0.2) is 0 Å². The number of ether oxygens (including phenoxy) is 1. The number of benzene rings is 1. The molecule has 1 aliphatic rings. The minimum atomic E-state index is -3.32. The van der Waals surface area contributed by atoms with Crippen molar-refractivity contribution in [3.63, 3.8) is 0 Å². The second-order valence-electron chi connectivity index (χ2n) is 10.1. The van der Waals surface area contributed by atoms with E-state index < -0.39 is 10.0 Å². The molecule has 2 N–H and O–H groups in total. The molecule has 0 spiro atoms. The van der Waals surface area contributed by atoms with E-state index in [1.807, 2.05) is 36.4 Å². The monoisotopic (exact) mass is 641 g/mol. The highest BCUT2D eigenvalue weighted by molar-refractivity contribution is 7.92. The lowest BCUT2D eigenvalue weighted by Crippen LogP contribution is -2.49. The average molecular weight is 643 g/mol. The van der Waals surface area contributed by atoms with Crippen LogP contribution in [0.15, 0.2) is 55.0 Å². The normalized spacial score (nSPS) is 13.9. The molecule has 0 bridgehead atoms. The number of carbonyl (C=O) groups excluding carboxylic acids is 1. The van der Waals surface area contributed by atoms with Gasteiger partial charge in [0, 0.05) is 62.9 Å². The second kappa shape index (κ2) is 16.5. The van der Waals surface area contributed by atoms with Gasteiger partial charge in [0.25, 0.3) is 0 Å². The van der Waals surface area contributed by atoms with Crippen LogP contribution in [0.25, 0.3) is 0 Å². The van der Waals surface area contributed by atoms with Crippen molar-refractivity contribution in [1.29, 1.82) is 0 Å². The molecule has 11 nitrogen and oxygen atoms in total. The van der Waals surface area contributed by atoms with E-state index in [4.69, 9.17) is 4.74 Å². The number of aromatic nitrogens is 3. The van der Waals surface area contributed by atoms with Crippen molar-refractivity contribution >= 4 is 52.2 Å². The fourth-order valence-electron chi connectivity index (χ4n) is 4.71. The van der Waals surface area contributed by atoms with Crippen LogP contribution in [-0.2, 0) is 23.1 Å². The van der Waals surface area contributed by atoms with Crippen LogP contribution < -0.4 is 14.8 Å². The fourth-order valence-corrected chi connectivity index (χ4v) is 5.28. The summed E-state index contributed by atoms with van der Waals surface area (Å²) in [5, 5.41) is 7.29. The first-order chi connectivity index (χ1) is 19.2. The van der Waals surface area contributed by atoms with Crippen LogP contribution in [0.2, 0.25) is 0 Å². The lowest BCUT2D eigenvalue weighted by molar-refractivity contribution is 0.122.